The van der Waals surface area contributed by atoms with Gasteiger partial charge >= 0.3 is 0 Å². The number of hydrogen-bond acceptors (Lipinski definition) is 6. The maximum atomic E-state index is 13.0. The van der Waals surface area contributed by atoms with Gasteiger partial charge in [0.05, 0.1) is 39.9 Å². The molecule has 0 aliphatic heterocycles. The first-order chi connectivity index (χ1) is 33.5. The molecule has 0 spiro atoms. The molecule has 0 aromatic rings. The number of quaternary nitrogens is 1. The predicted octanol–water partition coefficient (Wildman–Crippen LogP) is 16.4. The van der Waals surface area contributed by atoms with Crippen LogP contribution in [0.5, 0.6) is 0 Å². The minimum atomic E-state index is -4.61. The Morgan fingerprint density at radius 1 is 0.522 bits per heavy atom. The van der Waals surface area contributed by atoms with Crippen molar-refractivity contribution in [3.8, 4) is 0 Å². The number of aliphatic hydroxyl groups excluding tert-OH is 1. The molecule has 0 heterocycles. The molecule has 3 atom stereocenters. The molecule has 0 aromatic heterocycles. The molecule has 69 heavy (non-hydrogen) atoms. The minimum absolute atomic E-state index is 0.0139. The first-order valence-corrected chi connectivity index (χ1v) is 29.6. The van der Waals surface area contributed by atoms with Crippen molar-refractivity contribution >= 4 is 13.7 Å². The molecule has 0 saturated carbocycles. The molecule has 0 fully saturated rings. The Hall–Kier alpha value is -2.58. The summed E-state index contributed by atoms with van der Waals surface area (Å²) < 4.78 is 23.3. The van der Waals surface area contributed by atoms with Gasteiger partial charge in [0.15, 0.2) is 0 Å². The van der Waals surface area contributed by atoms with Crippen LogP contribution in [-0.4, -0.2) is 68.5 Å². The number of hydrogen-bond donors (Lipinski definition) is 2. The second-order valence-corrected chi connectivity index (χ2v) is 21.3. The van der Waals surface area contributed by atoms with Crippen molar-refractivity contribution in [3.63, 3.8) is 0 Å². The Bertz CT molecular complexity index is 1440. The van der Waals surface area contributed by atoms with Crippen molar-refractivity contribution in [2.24, 2.45) is 0 Å². The maximum Gasteiger partial charge on any atom is 0.268 e. The van der Waals surface area contributed by atoms with Gasteiger partial charge < -0.3 is 28.8 Å². The lowest BCUT2D eigenvalue weighted by molar-refractivity contribution is -0.870. The number of phosphoric acid groups is 1. The summed E-state index contributed by atoms with van der Waals surface area (Å²) in [6.45, 7) is 4.50. The summed E-state index contributed by atoms with van der Waals surface area (Å²) in [5.41, 5.74) is 0. The van der Waals surface area contributed by atoms with Crippen molar-refractivity contribution in [2.75, 3.05) is 40.9 Å². The van der Waals surface area contributed by atoms with Gasteiger partial charge in [0.2, 0.25) is 5.91 Å². The molecule has 0 aliphatic carbocycles. The number of carbonyl (C=O) groups excluding carboxylic acids is 1. The van der Waals surface area contributed by atoms with E-state index in [2.05, 4.69) is 104 Å². The van der Waals surface area contributed by atoms with Gasteiger partial charge in [-0.05, 0) is 89.9 Å². The number of allylic oxidation sites excluding steroid dienone is 15. The molecule has 398 valence electrons. The summed E-state index contributed by atoms with van der Waals surface area (Å²) in [6.07, 6.45) is 71.9. The molecule has 0 aliphatic rings. The van der Waals surface area contributed by atoms with E-state index in [1.807, 2.05) is 27.2 Å². The van der Waals surface area contributed by atoms with Gasteiger partial charge in [-0.25, -0.2) is 0 Å². The summed E-state index contributed by atoms with van der Waals surface area (Å²) in [7, 11) is 1.22. The summed E-state index contributed by atoms with van der Waals surface area (Å²) >= 11 is 0. The van der Waals surface area contributed by atoms with Crippen LogP contribution in [-0.2, 0) is 18.4 Å². The highest BCUT2D eigenvalue weighted by Gasteiger charge is 2.23. The van der Waals surface area contributed by atoms with Crippen LogP contribution in [0, 0.1) is 0 Å². The summed E-state index contributed by atoms with van der Waals surface area (Å²) in [5.74, 6) is -0.218. The normalized spacial score (nSPS) is 14.7. The highest BCUT2D eigenvalue weighted by molar-refractivity contribution is 7.45. The predicted molar refractivity (Wildman–Crippen MR) is 297 cm³/mol. The molecule has 0 aromatic carbocycles. The lowest BCUT2D eigenvalue weighted by Crippen LogP contribution is -2.45. The molecule has 9 heteroatoms. The van der Waals surface area contributed by atoms with E-state index in [-0.39, 0.29) is 12.5 Å². The van der Waals surface area contributed by atoms with Crippen LogP contribution in [0.1, 0.15) is 226 Å². The van der Waals surface area contributed by atoms with Crippen LogP contribution in [0.2, 0.25) is 0 Å². The van der Waals surface area contributed by atoms with Gasteiger partial charge in [0, 0.05) is 6.42 Å². The van der Waals surface area contributed by atoms with Crippen LogP contribution in [0.4, 0.5) is 0 Å². The van der Waals surface area contributed by atoms with Gasteiger partial charge in [-0.15, -0.1) is 0 Å². The van der Waals surface area contributed by atoms with Gasteiger partial charge in [-0.1, -0.05) is 227 Å². The largest absolute Gasteiger partial charge is 0.756 e. The summed E-state index contributed by atoms with van der Waals surface area (Å²) in [4.78, 5) is 25.5. The van der Waals surface area contributed by atoms with Crippen molar-refractivity contribution in [2.45, 2.75) is 238 Å². The highest BCUT2D eigenvalue weighted by Crippen LogP contribution is 2.38. The SMILES string of the molecule is CC/C=C\C/C=C\C/C=C\C/C=C\C/C=C\CCCCCCCCCCCCCC(=O)NC(COP(=O)([O-])OCC[N+](C)(C)C)C(O)/C=C/CC/C=C/CC/C=C/CCCCCCCCCCCC. The number of carbonyl (C=O) groups is 1. The molecule has 0 saturated heterocycles. The first kappa shape index (κ1) is 66.4. The molecule has 2 N–H and O–H groups in total. The van der Waals surface area contributed by atoms with E-state index in [0.717, 1.165) is 77.0 Å². The van der Waals surface area contributed by atoms with Crippen molar-refractivity contribution < 1.29 is 32.9 Å². The fourth-order valence-electron chi connectivity index (χ4n) is 7.62. The number of aliphatic hydroxyl groups is 1. The lowest BCUT2D eigenvalue weighted by Gasteiger charge is -2.29. The van der Waals surface area contributed by atoms with Gasteiger partial charge in [-0.3, -0.25) is 9.36 Å². The van der Waals surface area contributed by atoms with E-state index in [1.165, 1.54) is 128 Å². The number of phosphoric ester groups is 1. The fourth-order valence-corrected chi connectivity index (χ4v) is 8.35. The Labute approximate surface area is 426 Å². The molecule has 0 radical (unpaired) electrons. The Morgan fingerprint density at radius 2 is 0.899 bits per heavy atom. The smallest absolute Gasteiger partial charge is 0.268 e. The van der Waals surface area contributed by atoms with Crippen molar-refractivity contribution in [1.82, 2.24) is 5.32 Å². The average Bonchev–Trinajstić information content (AvgIpc) is 3.31. The zero-order valence-corrected chi connectivity index (χ0v) is 46.1. The van der Waals surface area contributed by atoms with E-state index >= 15 is 0 Å². The highest BCUT2D eigenvalue weighted by atomic mass is 31.2. The quantitative estimate of drug-likeness (QED) is 0.0272. The van der Waals surface area contributed by atoms with Crippen LogP contribution in [0.15, 0.2) is 97.2 Å². The van der Waals surface area contributed by atoms with E-state index in [4.69, 9.17) is 9.05 Å². The molecule has 0 bridgehead atoms. The van der Waals surface area contributed by atoms with E-state index < -0.39 is 26.6 Å². The molecular weight excluding hydrogens is 876 g/mol. The molecule has 0 rings (SSSR count). The average molecular weight is 983 g/mol. The monoisotopic (exact) mass is 983 g/mol. The first-order valence-electron chi connectivity index (χ1n) is 28.1. The number of likely N-dealkylation sites (N-methyl/N-ethyl adjacent to an activating group) is 1. The Balaban J connectivity index is 4.31. The number of unbranched alkanes of at least 4 members (excludes halogenated alkanes) is 23. The Morgan fingerprint density at radius 3 is 1.35 bits per heavy atom. The number of nitrogens with zero attached hydrogens (tertiary/aromatic N) is 1. The van der Waals surface area contributed by atoms with E-state index in [0.29, 0.717) is 17.4 Å². The van der Waals surface area contributed by atoms with Gasteiger partial charge in [0.1, 0.15) is 13.2 Å². The third-order valence-electron chi connectivity index (χ3n) is 12.0. The van der Waals surface area contributed by atoms with E-state index in [9.17, 15) is 19.4 Å². The number of rotatable bonds is 50. The zero-order chi connectivity index (χ0) is 50.6. The van der Waals surface area contributed by atoms with Crippen molar-refractivity contribution in [3.05, 3.63) is 97.2 Å². The zero-order valence-electron chi connectivity index (χ0n) is 45.2. The summed E-state index contributed by atoms with van der Waals surface area (Å²) in [5, 5.41) is 13.8. The minimum Gasteiger partial charge on any atom is -0.756 e. The number of amides is 1. The summed E-state index contributed by atoms with van der Waals surface area (Å²) in [6, 6.07) is -0.918. The third-order valence-corrected chi connectivity index (χ3v) is 13.0. The second kappa shape index (κ2) is 50.4. The standard InChI is InChI=1S/C60H107N2O6P/c1-6-8-10-12-14-16-18-20-22-24-26-28-29-30-31-32-33-34-36-38-40-42-44-46-48-50-52-54-60(64)61-58(57-68-69(65,66)67-56-55-62(3,4)5)59(63)53-51-49-47-45-43-41-39-37-35-27-25-23-21-19-17-15-13-11-9-7-2/h8,10,14,16,20,22,26,28,30-31,35,37,43,45,51,53,58-59,63H,6-7,9,11-13,15,17-19,21,23-25,27,29,32-34,36,38-42,44,46-50,52,54-57H2,1-5H3,(H-,61,64,65,66)/b10-8-,16-14-,22-20-,28-26-,31-30-,37-35+,45-43+,53-51+. The molecule has 3 unspecified atom stereocenters. The lowest BCUT2D eigenvalue weighted by atomic mass is 10.0. The second-order valence-electron chi connectivity index (χ2n) is 19.9. The van der Waals surface area contributed by atoms with E-state index in [1.54, 1.807) is 6.08 Å². The van der Waals surface area contributed by atoms with Crippen LogP contribution in [0.25, 0.3) is 0 Å². The third kappa shape index (κ3) is 53.1. The van der Waals surface area contributed by atoms with Crippen LogP contribution >= 0.6 is 7.82 Å². The van der Waals surface area contributed by atoms with Gasteiger partial charge in [-0.2, -0.15) is 0 Å². The molecule has 1 amide bonds. The van der Waals surface area contributed by atoms with Crippen LogP contribution in [0.3, 0.4) is 0 Å². The number of nitrogens with one attached hydrogen (secondary N) is 1. The van der Waals surface area contributed by atoms with Crippen molar-refractivity contribution in [1.29, 1.82) is 0 Å². The fraction of sp³-hybridized carbons (Fsp3) is 0.717. The Kier molecular flexibility index (Phi) is 48.5. The van der Waals surface area contributed by atoms with Gasteiger partial charge in [0.25, 0.3) is 7.82 Å². The maximum absolute atomic E-state index is 13.0. The topological polar surface area (TPSA) is 108 Å². The van der Waals surface area contributed by atoms with Crippen LogP contribution < -0.4 is 10.2 Å². The molecular formula is C60H107N2O6P. The molecule has 8 nitrogen and oxygen atoms in total.